The number of hydrogen-bond acceptors (Lipinski definition) is 12. The summed E-state index contributed by atoms with van der Waals surface area (Å²) in [5, 5.41) is 41.7. The summed E-state index contributed by atoms with van der Waals surface area (Å²) in [7, 11) is 0. The third kappa shape index (κ3) is 10.4. The van der Waals surface area contributed by atoms with Crippen LogP contribution in [0.4, 0.5) is 22.4 Å². The van der Waals surface area contributed by atoms with Crippen LogP contribution in [0.1, 0.15) is 68.5 Å². The fraction of sp³-hybridized carbons (Fsp3) is 0.467. The van der Waals surface area contributed by atoms with E-state index in [2.05, 4.69) is 66.1 Å². The molecule has 0 bridgehead atoms. The third-order valence-electron chi connectivity index (χ3n) is 12.4. The number of nitrogens with zero attached hydrogens (tertiary/aromatic N) is 6. The Bertz CT molecular complexity index is 2150. The molecular weight excluding hydrogens is 773 g/mol. The van der Waals surface area contributed by atoms with Gasteiger partial charge in [0.15, 0.2) is 17.0 Å². The quantitative estimate of drug-likeness (QED) is 0.0670. The highest BCUT2D eigenvalue weighted by Gasteiger charge is 2.43. The van der Waals surface area contributed by atoms with Gasteiger partial charge in [-0.15, -0.1) is 0 Å². The van der Waals surface area contributed by atoms with Crippen LogP contribution < -0.4 is 36.8 Å². The van der Waals surface area contributed by atoms with Crippen LogP contribution in [0.2, 0.25) is 0 Å². The molecule has 4 heterocycles. The van der Waals surface area contributed by atoms with Gasteiger partial charge in [0.2, 0.25) is 11.9 Å². The molecule has 322 valence electrons. The normalized spacial score (nSPS) is 23.0. The summed E-state index contributed by atoms with van der Waals surface area (Å²) in [4.78, 5) is 45.9. The van der Waals surface area contributed by atoms with Crippen molar-refractivity contribution in [3.8, 4) is 0 Å². The van der Waals surface area contributed by atoms with Gasteiger partial charge in [0, 0.05) is 63.8 Å². The monoisotopic (exact) mass is 830 g/mol. The van der Waals surface area contributed by atoms with Gasteiger partial charge in [-0.25, -0.2) is 14.8 Å². The van der Waals surface area contributed by atoms with Crippen LogP contribution >= 0.6 is 0 Å². The molecule has 3 aliphatic rings. The van der Waals surface area contributed by atoms with Gasteiger partial charge < -0.3 is 51.6 Å². The molecule has 0 radical (unpaired) electrons. The number of piperidine rings is 1. The minimum absolute atomic E-state index is 0.0327. The van der Waals surface area contributed by atoms with Gasteiger partial charge in [0.25, 0.3) is 0 Å². The molecule has 1 aliphatic heterocycles. The molecular formula is C45H58N12O4. The maximum atomic E-state index is 12.6. The van der Waals surface area contributed by atoms with Crippen LogP contribution in [0.15, 0.2) is 91.4 Å². The molecule has 16 heteroatoms. The van der Waals surface area contributed by atoms with E-state index in [-0.39, 0.29) is 29.9 Å². The highest BCUT2D eigenvalue weighted by molar-refractivity contribution is 5.84. The fourth-order valence-corrected chi connectivity index (χ4v) is 9.21. The Balaban J connectivity index is 0.882. The topological polar surface area (TPSA) is 207 Å². The first-order valence-corrected chi connectivity index (χ1v) is 21.7. The number of rotatable bonds is 16. The zero-order valence-corrected chi connectivity index (χ0v) is 34.7. The first-order valence-electron chi connectivity index (χ1n) is 21.7. The summed E-state index contributed by atoms with van der Waals surface area (Å²) >= 11 is 0. The van der Waals surface area contributed by atoms with Crippen LogP contribution in [-0.4, -0.2) is 116 Å². The van der Waals surface area contributed by atoms with E-state index in [4.69, 9.17) is 15.0 Å². The van der Waals surface area contributed by atoms with Crippen molar-refractivity contribution in [2.24, 2.45) is 5.92 Å². The van der Waals surface area contributed by atoms with E-state index in [1.807, 2.05) is 60.8 Å². The molecule has 2 saturated carbocycles. The first-order chi connectivity index (χ1) is 29.8. The highest BCUT2D eigenvalue weighted by atomic mass is 16.3. The first kappa shape index (κ1) is 41.9. The van der Waals surface area contributed by atoms with E-state index >= 15 is 0 Å². The number of anilines is 3. The largest absolute Gasteiger partial charge is 0.388 e. The second-order valence-electron chi connectivity index (χ2n) is 16.6. The molecule has 3 fully saturated rings. The number of pyridine rings is 1. The Hall–Kier alpha value is -5.84. The van der Waals surface area contributed by atoms with Crippen molar-refractivity contribution in [3.05, 3.63) is 103 Å². The van der Waals surface area contributed by atoms with E-state index in [0.29, 0.717) is 54.9 Å². The number of aromatic nitrogens is 5. The van der Waals surface area contributed by atoms with E-state index in [1.54, 1.807) is 10.9 Å². The predicted octanol–water partition coefficient (Wildman–Crippen LogP) is 3.78. The molecule has 3 amide bonds. The number of benzene rings is 2. The zero-order valence-electron chi connectivity index (χ0n) is 34.7. The minimum Gasteiger partial charge on any atom is -0.388 e. The Kier molecular flexibility index (Phi) is 13.5. The number of aliphatic hydroxyl groups is 2. The summed E-state index contributed by atoms with van der Waals surface area (Å²) < 4.78 is 1.80. The smallest absolute Gasteiger partial charge is 0.315 e. The van der Waals surface area contributed by atoms with Crippen molar-refractivity contribution < 1.29 is 19.8 Å². The third-order valence-corrected chi connectivity index (χ3v) is 12.4. The maximum Gasteiger partial charge on any atom is 0.315 e. The van der Waals surface area contributed by atoms with E-state index in [9.17, 15) is 19.8 Å². The number of fused-ring (bicyclic) bond motifs is 1. The van der Waals surface area contributed by atoms with Crippen molar-refractivity contribution in [1.82, 2.24) is 45.8 Å². The number of amides is 3. The van der Waals surface area contributed by atoms with Gasteiger partial charge in [-0.1, -0.05) is 66.7 Å². The van der Waals surface area contributed by atoms with Gasteiger partial charge in [0.1, 0.15) is 18.0 Å². The Morgan fingerprint density at radius 3 is 2.25 bits per heavy atom. The van der Waals surface area contributed by atoms with Crippen LogP contribution in [0, 0.1) is 5.92 Å². The van der Waals surface area contributed by atoms with Crippen LogP contribution in [0.25, 0.3) is 11.2 Å². The average Bonchev–Trinajstić information content (AvgIpc) is 3.99. The molecule has 16 nitrogen and oxygen atoms in total. The number of nitrogens with one attached hydrogen (secondary N) is 6. The summed E-state index contributed by atoms with van der Waals surface area (Å²) in [5.41, 5.74) is 3.41. The van der Waals surface area contributed by atoms with Crippen molar-refractivity contribution >= 4 is 40.7 Å². The molecule has 5 aromatic rings. The zero-order chi connectivity index (χ0) is 42.1. The Morgan fingerprint density at radius 2 is 1.54 bits per heavy atom. The van der Waals surface area contributed by atoms with E-state index in [0.717, 1.165) is 57.6 Å². The van der Waals surface area contributed by atoms with Gasteiger partial charge in [-0.05, 0) is 74.2 Å². The minimum atomic E-state index is -1.13. The molecule has 8 rings (SSSR count). The lowest BCUT2D eigenvalue weighted by Crippen LogP contribution is -2.49. The van der Waals surface area contributed by atoms with Crippen molar-refractivity contribution in [1.29, 1.82) is 0 Å². The SMILES string of the molecule is CC(=O)N[C@H]1CC(n2cnc3c(NCC(c4ccccc4)c4ccccc4)nc(N[C@@H]4CCC(CNCCNC(=O)NC5CCN(c6ccccn6)CC5)C4)nc32)[C@H](O)[C@@H]1O. The molecule has 0 spiro atoms. The molecule has 2 aliphatic carbocycles. The van der Waals surface area contributed by atoms with Gasteiger partial charge in [-0.3, -0.25) is 4.79 Å². The highest BCUT2D eigenvalue weighted by Crippen LogP contribution is 2.36. The van der Waals surface area contributed by atoms with Crippen molar-refractivity contribution in [3.63, 3.8) is 0 Å². The lowest BCUT2D eigenvalue weighted by atomic mass is 9.91. The molecule has 2 aromatic carbocycles. The Labute approximate surface area is 356 Å². The van der Waals surface area contributed by atoms with E-state index in [1.165, 1.54) is 18.1 Å². The van der Waals surface area contributed by atoms with Gasteiger partial charge in [0.05, 0.1) is 18.4 Å². The number of hydrogen-bond donors (Lipinski definition) is 8. The average molecular weight is 831 g/mol. The second kappa shape index (κ2) is 19.7. The predicted molar refractivity (Wildman–Crippen MR) is 235 cm³/mol. The molecule has 61 heavy (non-hydrogen) atoms. The van der Waals surface area contributed by atoms with Crippen LogP contribution in [-0.2, 0) is 4.79 Å². The van der Waals surface area contributed by atoms with Gasteiger partial charge >= 0.3 is 6.03 Å². The number of imidazole rings is 1. The van der Waals surface area contributed by atoms with Gasteiger partial charge in [-0.2, -0.15) is 9.97 Å². The molecule has 3 aromatic heterocycles. The van der Waals surface area contributed by atoms with Crippen molar-refractivity contribution in [2.45, 2.75) is 87.7 Å². The fourth-order valence-electron chi connectivity index (χ4n) is 9.21. The number of urea groups is 1. The van der Waals surface area contributed by atoms with Crippen molar-refractivity contribution in [2.75, 3.05) is 54.8 Å². The standard InChI is InChI=1S/C45H58N12O4/c1-29(58)51-36-25-37(41(60)40(36)59)57-28-50-39-42(49-27-35(31-10-4-2-5-11-31)32-12-6-3-7-13-32)54-44(55-43(39)57)52-34-16-15-30(24-34)26-46-20-21-48-45(61)53-33-17-22-56(23-18-33)38-14-8-9-19-47-38/h2-14,19,28,30,33-37,40-41,46,59-60H,15-18,20-27H2,1H3,(H,51,58)(H2,48,53,61)(H2,49,52,54,55)/t30?,34-,36+,37?,40-,41+/m1/s1. The maximum absolute atomic E-state index is 12.6. The van der Waals surface area contributed by atoms with Crippen LogP contribution in [0.3, 0.4) is 0 Å². The number of aliphatic hydroxyl groups excluding tert-OH is 2. The summed E-state index contributed by atoms with van der Waals surface area (Å²) in [6.07, 6.45) is 6.18. The Morgan fingerprint density at radius 1 is 0.803 bits per heavy atom. The summed E-state index contributed by atoms with van der Waals surface area (Å²) in [6, 6.07) is 25.7. The molecule has 1 saturated heterocycles. The summed E-state index contributed by atoms with van der Waals surface area (Å²) in [5.74, 6) is 2.21. The number of carbonyl (C=O) groups excluding carboxylic acids is 2. The van der Waals surface area contributed by atoms with Crippen LogP contribution in [0.5, 0.6) is 0 Å². The summed E-state index contributed by atoms with van der Waals surface area (Å²) in [6.45, 7) is 5.73. The molecule has 6 atom stereocenters. The second-order valence-corrected chi connectivity index (χ2v) is 16.6. The molecule has 2 unspecified atom stereocenters. The lowest BCUT2D eigenvalue weighted by Gasteiger charge is -2.33. The molecule has 8 N–H and O–H groups in total. The van der Waals surface area contributed by atoms with E-state index < -0.39 is 24.3 Å². The lowest BCUT2D eigenvalue weighted by molar-refractivity contribution is -0.120. The number of carbonyl (C=O) groups is 2.